The predicted molar refractivity (Wildman–Crippen MR) is 74.4 cm³/mol. The lowest BCUT2D eigenvalue weighted by molar-refractivity contribution is 0.475. The van der Waals surface area contributed by atoms with Gasteiger partial charge < -0.3 is 5.11 Å². The van der Waals surface area contributed by atoms with Gasteiger partial charge in [0, 0.05) is 4.47 Å². The summed E-state index contributed by atoms with van der Waals surface area (Å²) in [6.07, 6.45) is 0. The minimum Gasteiger partial charge on any atom is -0.507 e. The van der Waals surface area contributed by atoms with E-state index >= 15 is 0 Å². The number of fused-ring (bicyclic) bond motifs is 1. The van der Waals surface area contributed by atoms with Gasteiger partial charge in [-0.2, -0.15) is 0 Å². The summed E-state index contributed by atoms with van der Waals surface area (Å²) in [7, 11) is 0. The van der Waals surface area contributed by atoms with Crippen LogP contribution in [-0.4, -0.2) is 10.1 Å². The van der Waals surface area contributed by atoms with E-state index in [0.29, 0.717) is 10.6 Å². The molecule has 1 aromatic heterocycles. The number of nitrogens with zero attached hydrogens (tertiary/aromatic N) is 1. The van der Waals surface area contributed by atoms with Crippen molar-refractivity contribution in [3.63, 3.8) is 0 Å². The third-order valence-electron chi connectivity index (χ3n) is 2.54. The van der Waals surface area contributed by atoms with E-state index in [1.165, 1.54) is 29.5 Å². The van der Waals surface area contributed by atoms with E-state index in [2.05, 4.69) is 20.9 Å². The summed E-state index contributed by atoms with van der Waals surface area (Å²) >= 11 is 4.81. The van der Waals surface area contributed by atoms with Gasteiger partial charge in [0.1, 0.15) is 16.6 Å². The first-order chi connectivity index (χ1) is 8.63. The van der Waals surface area contributed by atoms with Crippen molar-refractivity contribution in [3.8, 4) is 16.3 Å². The smallest absolute Gasteiger partial charge is 0.128 e. The van der Waals surface area contributed by atoms with Gasteiger partial charge in [0.2, 0.25) is 0 Å². The monoisotopic (exact) mass is 323 g/mol. The van der Waals surface area contributed by atoms with E-state index in [1.807, 2.05) is 18.2 Å². The third kappa shape index (κ3) is 2.00. The molecule has 5 heteroatoms. The van der Waals surface area contributed by atoms with Gasteiger partial charge >= 0.3 is 0 Å². The fourth-order valence-corrected chi connectivity index (χ4v) is 3.24. The molecule has 0 atom stereocenters. The summed E-state index contributed by atoms with van der Waals surface area (Å²) in [5.74, 6) is -0.349. The normalized spacial score (nSPS) is 11.0. The molecule has 0 aliphatic rings. The molecule has 1 heterocycles. The van der Waals surface area contributed by atoms with E-state index in [0.717, 1.165) is 14.7 Å². The van der Waals surface area contributed by atoms with Gasteiger partial charge in [-0.25, -0.2) is 9.37 Å². The van der Waals surface area contributed by atoms with Crippen molar-refractivity contribution in [1.82, 2.24) is 4.98 Å². The first kappa shape index (κ1) is 11.6. The van der Waals surface area contributed by atoms with Crippen LogP contribution in [0.1, 0.15) is 0 Å². The van der Waals surface area contributed by atoms with E-state index < -0.39 is 0 Å². The lowest BCUT2D eigenvalue weighted by atomic mass is 10.2. The van der Waals surface area contributed by atoms with E-state index in [9.17, 15) is 9.50 Å². The topological polar surface area (TPSA) is 33.1 Å². The minimum atomic E-state index is -0.386. The average molecular weight is 324 g/mol. The molecule has 3 rings (SSSR count). The molecule has 1 N–H and O–H groups in total. The summed E-state index contributed by atoms with van der Waals surface area (Å²) in [4.78, 5) is 4.40. The van der Waals surface area contributed by atoms with Crippen molar-refractivity contribution in [1.29, 1.82) is 0 Å². The van der Waals surface area contributed by atoms with Crippen molar-refractivity contribution in [2.75, 3.05) is 0 Å². The van der Waals surface area contributed by atoms with Gasteiger partial charge in [-0.1, -0.05) is 15.9 Å². The highest BCUT2D eigenvalue weighted by Gasteiger charge is 2.11. The zero-order valence-corrected chi connectivity index (χ0v) is 11.4. The fourth-order valence-electron chi connectivity index (χ4n) is 1.69. The second-order valence-corrected chi connectivity index (χ2v) is 5.74. The third-order valence-corrected chi connectivity index (χ3v) is 4.08. The number of rotatable bonds is 1. The van der Waals surface area contributed by atoms with Crippen LogP contribution in [0.3, 0.4) is 0 Å². The number of benzene rings is 2. The number of phenols is 1. The summed E-state index contributed by atoms with van der Waals surface area (Å²) in [5.41, 5.74) is 1.26. The molecule has 2 nitrogen and oxygen atoms in total. The van der Waals surface area contributed by atoms with Crippen LogP contribution in [0.5, 0.6) is 5.75 Å². The second kappa shape index (κ2) is 4.33. The Morgan fingerprint density at radius 3 is 2.83 bits per heavy atom. The van der Waals surface area contributed by atoms with Crippen LogP contribution in [0.4, 0.5) is 4.39 Å². The van der Waals surface area contributed by atoms with Gasteiger partial charge in [0.05, 0.1) is 15.8 Å². The highest BCUT2D eigenvalue weighted by molar-refractivity contribution is 9.10. The molecule has 0 aliphatic carbocycles. The molecule has 0 spiro atoms. The van der Waals surface area contributed by atoms with Gasteiger partial charge in [-0.15, -0.1) is 11.3 Å². The maximum absolute atomic E-state index is 13.2. The predicted octanol–water partition coefficient (Wildman–Crippen LogP) is 4.57. The number of hydrogen-bond donors (Lipinski definition) is 1. The highest BCUT2D eigenvalue weighted by atomic mass is 79.9. The quantitative estimate of drug-likeness (QED) is 0.711. The number of thiazole rings is 1. The van der Waals surface area contributed by atoms with Crippen LogP contribution in [-0.2, 0) is 0 Å². The second-order valence-electron chi connectivity index (χ2n) is 3.79. The molecule has 18 heavy (non-hydrogen) atoms. The molecule has 0 aliphatic heterocycles. The van der Waals surface area contributed by atoms with Crippen molar-refractivity contribution < 1.29 is 9.50 Å². The van der Waals surface area contributed by atoms with Gasteiger partial charge in [-0.3, -0.25) is 0 Å². The molecular formula is C13H7BrFNOS. The largest absolute Gasteiger partial charge is 0.507 e. The zero-order chi connectivity index (χ0) is 12.7. The molecule has 0 saturated carbocycles. The Balaban J connectivity index is 2.22. The summed E-state index contributed by atoms with van der Waals surface area (Å²) in [6.45, 7) is 0. The number of phenolic OH excluding ortho intramolecular Hbond substituents is 1. The van der Waals surface area contributed by atoms with Crippen LogP contribution < -0.4 is 0 Å². The lowest BCUT2D eigenvalue weighted by Crippen LogP contribution is -1.80. The molecule has 0 radical (unpaired) electrons. The van der Waals surface area contributed by atoms with Gasteiger partial charge in [0.15, 0.2) is 0 Å². The molecule has 3 aromatic rings. The number of aromatic nitrogens is 1. The molecule has 90 valence electrons. The first-order valence-electron chi connectivity index (χ1n) is 5.18. The van der Waals surface area contributed by atoms with Crippen LogP contribution in [0, 0.1) is 5.82 Å². The Morgan fingerprint density at radius 1 is 1.17 bits per heavy atom. The summed E-state index contributed by atoms with van der Waals surface area (Å²) in [6, 6.07) is 9.59. The van der Waals surface area contributed by atoms with Crippen LogP contribution in [0.2, 0.25) is 0 Å². The number of halogens is 2. The SMILES string of the molecule is Oc1ccc(F)cc1-c1nc2ccc(Br)cc2s1. The Kier molecular flexibility index (Phi) is 2.80. The Bertz CT molecular complexity index is 741. The molecule has 0 saturated heterocycles. The first-order valence-corrected chi connectivity index (χ1v) is 6.79. The van der Waals surface area contributed by atoms with E-state index in [1.54, 1.807) is 0 Å². The van der Waals surface area contributed by atoms with Crippen molar-refractivity contribution >= 4 is 37.5 Å². The van der Waals surface area contributed by atoms with Crippen LogP contribution in [0.15, 0.2) is 40.9 Å². The highest BCUT2D eigenvalue weighted by Crippen LogP contribution is 2.36. The molecule has 0 amide bonds. The molecule has 0 fully saturated rings. The van der Waals surface area contributed by atoms with Gasteiger partial charge in [-0.05, 0) is 36.4 Å². The van der Waals surface area contributed by atoms with Crippen molar-refractivity contribution in [2.24, 2.45) is 0 Å². The number of hydrogen-bond acceptors (Lipinski definition) is 3. The Labute approximate surface area is 115 Å². The summed E-state index contributed by atoms with van der Waals surface area (Å²) in [5, 5.41) is 10.4. The van der Waals surface area contributed by atoms with Crippen molar-refractivity contribution in [2.45, 2.75) is 0 Å². The zero-order valence-electron chi connectivity index (χ0n) is 9.02. The molecule has 0 bridgehead atoms. The minimum absolute atomic E-state index is 0.0366. The van der Waals surface area contributed by atoms with Crippen molar-refractivity contribution in [3.05, 3.63) is 46.7 Å². The van der Waals surface area contributed by atoms with Gasteiger partial charge in [0.25, 0.3) is 0 Å². The average Bonchev–Trinajstić information content (AvgIpc) is 2.74. The summed E-state index contributed by atoms with van der Waals surface area (Å²) < 4.78 is 15.2. The molecular weight excluding hydrogens is 317 g/mol. The van der Waals surface area contributed by atoms with Crippen LogP contribution in [0.25, 0.3) is 20.8 Å². The number of aromatic hydroxyl groups is 1. The van der Waals surface area contributed by atoms with E-state index in [-0.39, 0.29) is 11.6 Å². The fraction of sp³-hybridized carbons (Fsp3) is 0. The van der Waals surface area contributed by atoms with E-state index in [4.69, 9.17) is 0 Å². The maximum Gasteiger partial charge on any atom is 0.128 e. The Hall–Kier alpha value is -1.46. The standard InChI is InChI=1S/C13H7BrFNOS/c14-7-1-3-10-12(5-7)18-13(16-10)9-6-8(15)2-4-11(9)17/h1-6,17H. The molecule has 2 aromatic carbocycles. The lowest BCUT2D eigenvalue weighted by Gasteiger charge is -1.99. The van der Waals surface area contributed by atoms with Crippen LogP contribution >= 0.6 is 27.3 Å². The maximum atomic E-state index is 13.2. The molecule has 0 unspecified atom stereocenters. The Morgan fingerprint density at radius 2 is 2.00 bits per heavy atom.